The zero-order valence-corrected chi connectivity index (χ0v) is 27.4. The van der Waals surface area contributed by atoms with Crippen molar-refractivity contribution in [3.63, 3.8) is 0 Å². The minimum Gasteiger partial charge on any atom is -0.512 e. The molecule has 1 saturated heterocycles. The zero-order chi connectivity index (χ0) is 28.4. The molecule has 0 saturated carbocycles. The maximum atomic E-state index is 12.0. The van der Waals surface area contributed by atoms with Crippen molar-refractivity contribution < 1.29 is 34.7 Å². The summed E-state index contributed by atoms with van der Waals surface area (Å²) in [5.41, 5.74) is 4.39. The number of allylic oxidation sites excluding steroid dienone is 2. The maximum Gasteiger partial charge on any atom is 0.164 e. The van der Waals surface area contributed by atoms with Crippen LogP contribution in [-0.4, -0.2) is 29.1 Å². The number of aliphatic hydroxyl groups excluding tert-OH is 1. The first-order chi connectivity index (χ1) is 18.8. The number of aromatic nitrogens is 1. The molecule has 0 aliphatic carbocycles. The largest absolute Gasteiger partial charge is 0.512 e. The number of aryl methyl sites for hydroxylation is 1. The van der Waals surface area contributed by atoms with E-state index in [0.717, 1.165) is 63.0 Å². The molecule has 0 unspecified atom stereocenters. The Morgan fingerprint density at radius 1 is 1.10 bits per heavy atom. The van der Waals surface area contributed by atoms with Crippen molar-refractivity contribution in [3.05, 3.63) is 77.7 Å². The summed E-state index contributed by atoms with van der Waals surface area (Å²) in [6.07, 6.45) is 8.93. The first-order valence-electron chi connectivity index (χ1n) is 14.7. The average molecular weight is 721 g/mol. The van der Waals surface area contributed by atoms with Crippen LogP contribution < -0.4 is 0 Å². The number of hydrogen-bond donors (Lipinski definition) is 1. The normalized spacial score (nSPS) is 14.4. The molecule has 1 aliphatic heterocycles. The van der Waals surface area contributed by atoms with Gasteiger partial charge in [-0.1, -0.05) is 65.8 Å². The van der Waals surface area contributed by atoms with Crippen molar-refractivity contribution in [2.45, 2.75) is 86.0 Å². The van der Waals surface area contributed by atoms with Gasteiger partial charge in [0.2, 0.25) is 0 Å². The van der Waals surface area contributed by atoms with Crippen molar-refractivity contribution in [2.75, 3.05) is 13.2 Å². The van der Waals surface area contributed by atoms with Crippen LogP contribution in [0, 0.1) is 24.3 Å². The summed E-state index contributed by atoms with van der Waals surface area (Å²) in [7, 11) is 0. The number of aliphatic hydroxyl groups is 1. The Kier molecular flexibility index (Phi) is 13.7. The minimum atomic E-state index is -0.319. The summed E-state index contributed by atoms with van der Waals surface area (Å²) in [5, 5.41) is 12.3. The van der Waals surface area contributed by atoms with Crippen molar-refractivity contribution >= 4 is 16.6 Å². The molecule has 219 valence electrons. The van der Waals surface area contributed by atoms with Gasteiger partial charge in [0, 0.05) is 56.9 Å². The second-order valence-corrected chi connectivity index (χ2v) is 11.0. The van der Waals surface area contributed by atoms with Crippen LogP contribution in [0.4, 0.5) is 0 Å². The molecular formula is C35H46IrNO3-. The van der Waals surface area contributed by atoms with E-state index in [2.05, 4.69) is 60.4 Å². The molecule has 2 heterocycles. The number of fused-ring (bicyclic) bond motifs is 1. The second-order valence-electron chi connectivity index (χ2n) is 11.0. The van der Waals surface area contributed by atoms with E-state index in [9.17, 15) is 9.90 Å². The van der Waals surface area contributed by atoms with Gasteiger partial charge in [0.15, 0.2) is 5.78 Å². The van der Waals surface area contributed by atoms with Crippen LogP contribution in [0.5, 0.6) is 0 Å². The van der Waals surface area contributed by atoms with Gasteiger partial charge in [-0.15, -0.1) is 34.9 Å². The number of hydrogen-bond acceptors (Lipinski definition) is 4. The standard InChI is InChI=1S/C21H20NO.C14H26O2.Ir/c1-15-12-18(16-7-10-23-11-8-16)14-19(13-15)21-20-5-3-2-4-17(20)6-9-22-21;1-6-11(7-2)12(15)10-13(16)14(5,8-3)9-4;/h2-6,9,12,14,16H,7-8,10-11H2,1H3;10-11,15H,6-9H2,1-5H3;/q-1;;/b;12-10-;. The number of carbonyl (C=O) groups is 1. The molecule has 3 aromatic rings. The van der Waals surface area contributed by atoms with Gasteiger partial charge in [0.1, 0.15) is 0 Å². The number of benzene rings is 2. The number of ether oxygens (including phenoxy) is 1. The van der Waals surface area contributed by atoms with E-state index in [1.54, 1.807) is 0 Å². The number of ketones is 1. The predicted molar refractivity (Wildman–Crippen MR) is 162 cm³/mol. The van der Waals surface area contributed by atoms with Crippen LogP contribution in [0.2, 0.25) is 0 Å². The van der Waals surface area contributed by atoms with Crippen LogP contribution in [0.1, 0.15) is 90.2 Å². The van der Waals surface area contributed by atoms with Crippen molar-refractivity contribution in [2.24, 2.45) is 11.3 Å². The second kappa shape index (κ2) is 16.2. The van der Waals surface area contributed by atoms with Gasteiger partial charge in [-0.3, -0.25) is 4.79 Å². The summed E-state index contributed by atoms with van der Waals surface area (Å²) >= 11 is 0. The summed E-state index contributed by atoms with van der Waals surface area (Å²) in [6, 6.07) is 18.5. The fourth-order valence-corrected chi connectivity index (χ4v) is 5.20. The Labute approximate surface area is 255 Å². The van der Waals surface area contributed by atoms with Crippen molar-refractivity contribution in [1.29, 1.82) is 0 Å². The van der Waals surface area contributed by atoms with E-state index in [-0.39, 0.29) is 43.0 Å². The summed E-state index contributed by atoms with van der Waals surface area (Å²) < 4.78 is 5.50. The third-order valence-electron chi connectivity index (χ3n) is 8.49. The molecular weight excluding hydrogens is 675 g/mol. The van der Waals surface area contributed by atoms with Crippen LogP contribution in [0.15, 0.2) is 60.5 Å². The average Bonchev–Trinajstić information content (AvgIpc) is 2.97. The smallest absolute Gasteiger partial charge is 0.164 e. The molecule has 1 aliphatic rings. The minimum absolute atomic E-state index is 0. The van der Waals surface area contributed by atoms with Crippen molar-refractivity contribution in [3.8, 4) is 11.3 Å². The van der Waals surface area contributed by atoms with Crippen LogP contribution in [-0.2, 0) is 29.6 Å². The SMILES string of the molecule is CCC(CC)/C(O)=C/C(=O)C(C)(CC)CC.Cc1[c-]c(-c2nccc3ccccc23)cc(C2CCOCC2)c1.[Ir]. The van der Waals surface area contributed by atoms with E-state index in [0.29, 0.717) is 5.92 Å². The van der Waals surface area contributed by atoms with E-state index in [4.69, 9.17) is 4.74 Å². The number of nitrogens with zero attached hydrogens (tertiary/aromatic N) is 1. The molecule has 5 heteroatoms. The summed E-state index contributed by atoms with van der Waals surface area (Å²) in [4.78, 5) is 16.7. The molecule has 0 bridgehead atoms. The summed E-state index contributed by atoms with van der Waals surface area (Å²) in [5.74, 6) is 1.03. The Hall–Kier alpha value is -2.33. The van der Waals surface area contributed by atoms with Gasteiger partial charge in [-0.05, 0) is 67.0 Å². The fraction of sp³-hybridized carbons (Fsp3) is 0.486. The summed E-state index contributed by atoms with van der Waals surface area (Å²) in [6.45, 7) is 13.9. The Morgan fingerprint density at radius 2 is 1.75 bits per heavy atom. The topological polar surface area (TPSA) is 59.4 Å². The predicted octanol–water partition coefficient (Wildman–Crippen LogP) is 9.16. The van der Waals surface area contributed by atoms with Gasteiger partial charge in [0.25, 0.3) is 0 Å². The first-order valence-corrected chi connectivity index (χ1v) is 14.7. The van der Waals surface area contributed by atoms with Crippen LogP contribution in [0.3, 0.4) is 0 Å². The van der Waals surface area contributed by atoms with Crippen molar-refractivity contribution in [1.82, 2.24) is 4.98 Å². The third kappa shape index (κ3) is 8.58. The Morgan fingerprint density at radius 3 is 2.38 bits per heavy atom. The van der Waals surface area contributed by atoms with Gasteiger partial charge in [0.05, 0.1) is 5.76 Å². The number of carbonyl (C=O) groups excluding carboxylic acids is 1. The van der Waals surface area contributed by atoms with Crippen LogP contribution >= 0.6 is 0 Å². The number of rotatable bonds is 9. The van der Waals surface area contributed by atoms with E-state index in [1.807, 2.05) is 40.8 Å². The first kappa shape index (κ1) is 33.9. The third-order valence-corrected chi connectivity index (χ3v) is 8.49. The van der Waals surface area contributed by atoms with Gasteiger partial charge in [-0.25, -0.2) is 0 Å². The number of pyridine rings is 1. The maximum absolute atomic E-state index is 12.0. The molecule has 1 fully saturated rings. The molecule has 1 N–H and O–H groups in total. The quantitative estimate of drug-likeness (QED) is 0.136. The molecule has 0 amide bonds. The van der Waals surface area contributed by atoms with E-state index in [1.165, 1.54) is 28.0 Å². The van der Waals surface area contributed by atoms with Gasteiger partial charge < -0.3 is 14.8 Å². The monoisotopic (exact) mass is 721 g/mol. The molecule has 40 heavy (non-hydrogen) atoms. The van der Waals surface area contributed by atoms with Crippen LogP contribution in [0.25, 0.3) is 22.0 Å². The van der Waals surface area contributed by atoms with E-state index >= 15 is 0 Å². The molecule has 0 atom stereocenters. The Balaban J connectivity index is 0.000000294. The molecule has 2 aromatic carbocycles. The Bertz CT molecular complexity index is 1250. The molecule has 0 spiro atoms. The van der Waals surface area contributed by atoms with Gasteiger partial charge in [-0.2, -0.15) is 0 Å². The molecule has 4 nitrogen and oxygen atoms in total. The molecule has 1 radical (unpaired) electrons. The zero-order valence-electron chi connectivity index (χ0n) is 25.1. The molecule has 4 rings (SSSR count). The van der Waals surface area contributed by atoms with E-state index < -0.39 is 0 Å². The fourth-order valence-electron chi connectivity index (χ4n) is 5.20. The van der Waals surface area contributed by atoms with Gasteiger partial charge >= 0.3 is 0 Å². The molecule has 1 aromatic heterocycles.